The van der Waals surface area contributed by atoms with Gasteiger partial charge in [-0.25, -0.2) is 9.50 Å². The van der Waals surface area contributed by atoms with Crippen LogP contribution in [-0.2, 0) is 6.42 Å². The highest BCUT2D eigenvalue weighted by Crippen LogP contribution is 2.33. The third-order valence-corrected chi connectivity index (χ3v) is 4.96. The Morgan fingerprint density at radius 3 is 2.74 bits per heavy atom. The average molecular weight is 363 g/mol. The second-order valence-electron chi connectivity index (χ2n) is 7.06. The summed E-state index contributed by atoms with van der Waals surface area (Å²) in [6.07, 6.45) is 4.63. The lowest BCUT2D eigenvalue weighted by Crippen LogP contribution is -2.01. The minimum atomic E-state index is 0.779. The van der Waals surface area contributed by atoms with Crippen molar-refractivity contribution in [3.8, 4) is 17.2 Å². The molecule has 0 amide bonds. The van der Waals surface area contributed by atoms with Gasteiger partial charge in [0.2, 0.25) is 0 Å². The molecule has 0 spiro atoms. The van der Waals surface area contributed by atoms with Gasteiger partial charge in [-0.15, -0.1) is 0 Å². The highest BCUT2D eigenvalue weighted by atomic mass is 16.5. The van der Waals surface area contributed by atoms with Gasteiger partial charge in [0.1, 0.15) is 17.0 Å². The van der Waals surface area contributed by atoms with Crippen molar-refractivity contribution in [2.75, 3.05) is 7.11 Å². The van der Waals surface area contributed by atoms with Crippen LogP contribution in [0.4, 0.5) is 0 Å². The zero-order chi connectivity index (χ0) is 19.0. The molecule has 0 saturated carbocycles. The van der Waals surface area contributed by atoms with Crippen LogP contribution in [0.2, 0.25) is 0 Å². The largest absolute Gasteiger partial charge is 0.497 e. The van der Waals surface area contributed by atoms with Crippen LogP contribution in [0.25, 0.3) is 28.1 Å². The Bertz CT molecular complexity index is 1110. The molecule has 0 fully saturated rings. The number of furan rings is 1. The monoisotopic (exact) mass is 363 g/mol. The van der Waals surface area contributed by atoms with Crippen LogP contribution in [0.3, 0.4) is 0 Å². The predicted octanol–water partition coefficient (Wildman–Crippen LogP) is 5.50. The van der Waals surface area contributed by atoms with Crippen LogP contribution in [0.1, 0.15) is 43.1 Å². The van der Waals surface area contributed by atoms with Gasteiger partial charge >= 0.3 is 0 Å². The molecule has 140 valence electrons. The number of hydrogen-bond acceptors (Lipinski definition) is 4. The van der Waals surface area contributed by atoms with Gasteiger partial charge in [-0.2, -0.15) is 5.10 Å². The molecule has 0 bridgehead atoms. The van der Waals surface area contributed by atoms with E-state index in [0.29, 0.717) is 0 Å². The molecular weight excluding hydrogens is 338 g/mol. The van der Waals surface area contributed by atoms with Crippen molar-refractivity contribution in [3.63, 3.8) is 0 Å². The van der Waals surface area contributed by atoms with Crippen LogP contribution >= 0.6 is 0 Å². The van der Waals surface area contributed by atoms with Crippen LogP contribution in [0, 0.1) is 13.8 Å². The zero-order valence-corrected chi connectivity index (χ0v) is 16.4. The van der Waals surface area contributed by atoms with Gasteiger partial charge in [-0.05, 0) is 62.6 Å². The molecule has 1 aromatic carbocycles. The van der Waals surface area contributed by atoms with E-state index in [0.717, 1.165) is 51.6 Å². The first-order chi connectivity index (χ1) is 13.1. The fraction of sp³-hybridized carbons (Fsp3) is 0.364. The summed E-state index contributed by atoms with van der Waals surface area (Å²) in [6, 6.07) is 10.0. The number of imidazole rings is 1. The number of aryl methyl sites for hydroxylation is 3. The number of benzene rings is 1. The normalized spacial score (nSPS) is 11.6. The molecule has 0 aliphatic carbocycles. The summed E-state index contributed by atoms with van der Waals surface area (Å²) >= 11 is 0. The van der Waals surface area contributed by atoms with E-state index in [4.69, 9.17) is 19.2 Å². The molecule has 0 N–H and O–H groups in total. The van der Waals surface area contributed by atoms with Gasteiger partial charge < -0.3 is 9.15 Å². The first-order valence-corrected chi connectivity index (χ1v) is 9.54. The number of fused-ring (bicyclic) bond motifs is 2. The molecule has 0 unspecified atom stereocenters. The van der Waals surface area contributed by atoms with Crippen LogP contribution in [0.15, 0.2) is 34.7 Å². The molecule has 3 aromatic heterocycles. The maximum Gasteiger partial charge on any atom is 0.157 e. The maximum absolute atomic E-state index is 6.12. The lowest BCUT2D eigenvalue weighted by molar-refractivity contribution is 0.415. The predicted molar refractivity (Wildman–Crippen MR) is 107 cm³/mol. The van der Waals surface area contributed by atoms with Gasteiger partial charge in [-0.3, -0.25) is 0 Å². The number of nitrogens with zero attached hydrogens (tertiary/aromatic N) is 3. The SMILES string of the molecule is CCCCCc1cc(C)nn2c(-c3cc4cc(OC)ccc4o3)c(C)nc12. The Balaban J connectivity index is 1.85. The summed E-state index contributed by atoms with van der Waals surface area (Å²) in [6.45, 7) is 6.27. The second kappa shape index (κ2) is 7.06. The van der Waals surface area contributed by atoms with E-state index >= 15 is 0 Å². The lowest BCUT2D eigenvalue weighted by atomic mass is 10.1. The summed E-state index contributed by atoms with van der Waals surface area (Å²) in [7, 11) is 1.67. The first kappa shape index (κ1) is 17.6. The van der Waals surface area contributed by atoms with E-state index in [-0.39, 0.29) is 0 Å². The Morgan fingerprint density at radius 1 is 1.11 bits per heavy atom. The molecule has 0 atom stereocenters. The van der Waals surface area contributed by atoms with Crippen molar-refractivity contribution >= 4 is 16.6 Å². The number of ether oxygens (including phenoxy) is 1. The van der Waals surface area contributed by atoms with Crippen LogP contribution in [-0.4, -0.2) is 21.7 Å². The summed E-state index contributed by atoms with van der Waals surface area (Å²) in [5.74, 6) is 1.60. The van der Waals surface area contributed by atoms with Gasteiger partial charge in [0.15, 0.2) is 11.4 Å². The zero-order valence-electron chi connectivity index (χ0n) is 16.4. The second-order valence-corrected chi connectivity index (χ2v) is 7.06. The Hall–Kier alpha value is -2.82. The standard InChI is InChI=1S/C22H25N3O2/c1-5-6-7-8-16-11-14(2)24-25-21(15(3)23-22(16)25)20-13-17-12-18(26-4)9-10-19(17)27-20/h9-13H,5-8H2,1-4H3. The van der Waals surface area contributed by atoms with Crippen molar-refractivity contribution < 1.29 is 9.15 Å². The number of unbranched alkanes of at least 4 members (excludes halogenated alkanes) is 2. The molecule has 4 aromatic rings. The van der Waals surface area contributed by atoms with E-state index in [2.05, 4.69) is 13.0 Å². The summed E-state index contributed by atoms with van der Waals surface area (Å²) in [5, 5.41) is 5.74. The highest BCUT2D eigenvalue weighted by Gasteiger charge is 2.19. The van der Waals surface area contributed by atoms with Crippen LogP contribution in [0.5, 0.6) is 5.75 Å². The third-order valence-electron chi connectivity index (χ3n) is 4.96. The van der Waals surface area contributed by atoms with Gasteiger partial charge in [0.05, 0.1) is 18.5 Å². The molecule has 0 saturated heterocycles. The van der Waals surface area contributed by atoms with E-state index in [1.54, 1.807) is 7.11 Å². The number of aromatic nitrogens is 3. The van der Waals surface area contributed by atoms with Crippen molar-refractivity contribution in [2.45, 2.75) is 46.5 Å². The van der Waals surface area contributed by atoms with E-state index < -0.39 is 0 Å². The highest BCUT2D eigenvalue weighted by molar-refractivity contribution is 5.84. The van der Waals surface area contributed by atoms with Gasteiger partial charge in [0, 0.05) is 5.39 Å². The molecular formula is C22H25N3O2. The van der Waals surface area contributed by atoms with Crippen molar-refractivity contribution in [1.29, 1.82) is 0 Å². The van der Waals surface area contributed by atoms with Gasteiger partial charge in [0.25, 0.3) is 0 Å². The topological polar surface area (TPSA) is 52.6 Å². The van der Waals surface area contributed by atoms with Crippen molar-refractivity contribution in [3.05, 3.63) is 47.3 Å². The Morgan fingerprint density at radius 2 is 1.96 bits per heavy atom. The average Bonchev–Trinajstić information content (AvgIpc) is 3.20. The smallest absolute Gasteiger partial charge is 0.157 e. The van der Waals surface area contributed by atoms with Crippen molar-refractivity contribution in [2.24, 2.45) is 0 Å². The fourth-order valence-corrected chi connectivity index (χ4v) is 3.62. The first-order valence-electron chi connectivity index (χ1n) is 9.54. The fourth-order valence-electron chi connectivity index (χ4n) is 3.62. The van der Waals surface area contributed by atoms with Crippen molar-refractivity contribution in [1.82, 2.24) is 14.6 Å². The Kier molecular flexibility index (Phi) is 4.60. The summed E-state index contributed by atoms with van der Waals surface area (Å²) in [5.41, 5.74) is 5.85. The molecule has 3 heterocycles. The Labute approximate surface area is 159 Å². The molecule has 5 heteroatoms. The number of hydrogen-bond donors (Lipinski definition) is 0. The molecule has 27 heavy (non-hydrogen) atoms. The van der Waals surface area contributed by atoms with Gasteiger partial charge in [-0.1, -0.05) is 19.8 Å². The molecule has 4 rings (SSSR count). The summed E-state index contributed by atoms with van der Waals surface area (Å²) < 4.78 is 13.4. The minimum Gasteiger partial charge on any atom is -0.497 e. The van der Waals surface area contributed by atoms with E-state index in [1.807, 2.05) is 42.6 Å². The maximum atomic E-state index is 6.12. The quantitative estimate of drug-likeness (QED) is 0.424. The minimum absolute atomic E-state index is 0.779. The van der Waals surface area contributed by atoms with Crippen LogP contribution < -0.4 is 4.74 Å². The number of methoxy groups -OCH3 is 1. The number of rotatable bonds is 6. The third kappa shape index (κ3) is 3.18. The summed E-state index contributed by atoms with van der Waals surface area (Å²) in [4.78, 5) is 4.83. The van der Waals surface area contributed by atoms with E-state index in [1.165, 1.54) is 24.8 Å². The molecule has 0 aliphatic heterocycles. The molecule has 0 aliphatic rings. The lowest BCUT2D eigenvalue weighted by Gasteiger charge is -2.06. The van der Waals surface area contributed by atoms with E-state index in [9.17, 15) is 0 Å². The molecule has 0 radical (unpaired) electrons. The molecule has 5 nitrogen and oxygen atoms in total.